The molecule has 0 atom stereocenters. The van der Waals surface area contributed by atoms with Crippen LogP contribution in [0.25, 0.3) is 0 Å². The number of aliphatic hydroxyl groups is 1. The van der Waals surface area contributed by atoms with E-state index >= 15 is 0 Å². The normalized spacial score (nSPS) is 10.2. The molecule has 17 heavy (non-hydrogen) atoms. The van der Waals surface area contributed by atoms with Gasteiger partial charge in [-0.3, -0.25) is 9.59 Å². The molecule has 1 rings (SSSR count). The average molecular weight is 238 g/mol. The van der Waals surface area contributed by atoms with Gasteiger partial charge in [-0.05, 0) is 30.5 Å². The summed E-state index contributed by atoms with van der Waals surface area (Å²) in [7, 11) is 0. The first-order valence-electron chi connectivity index (χ1n) is 5.55. The van der Waals surface area contributed by atoms with Gasteiger partial charge in [0.15, 0.2) is 5.78 Å². The maximum atomic E-state index is 12.6. The fourth-order valence-electron chi connectivity index (χ4n) is 1.42. The van der Waals surface area contributed by atoms with Crippen molar-refractivity contribution in [2.75, 3.05) is 6.61 Å². The molecule has 92 valence electrons. The highest BCUT2D eigenvalue weighted by Gasteiger charge is 2.13. The van der Waals surface area contributed by atoms with Gasteiger partial charge in [-0.1, -0.05) is 12.1 Å². The van der Waals surface area contributed by atoms with Gasteiger partial charge in [0.2, 0.25) is 5.78 Å². The second-order valence-corrected chi connectivity index (χ2v) is 3.83. The van der Waals surface area contributed by atoms with Gasteiger partial charge in [0.05, 0.1) is 0 Å². The highest BCUT2D eigenvalue weighted by molar-refractivity contribution is 6.37. The lowest BCUT2D eigenvalue weighted by Crippen LogP contribution is -2.16. The number of hydrogen-bond acceptors (Lipinski definition) is 3. The summed E-state index contributed by atoms with van der Waals surface area (Å²) in [4.78, 5) is 22.9. The van der Waals surface area contributed by atoms with E-state index in [0.717, 1.165) is 0 Å². The number of rotatable bonds is 7. The third kappa shape index (κ3) is 4.87. The van der Waals surface area contributed by atoms with Crippen molar-refractivity contribution in [1.82, 2.24) is 0 Å². The summed E-state index contributed by atoms with van der Waals surface area (Å²) in [5.41, 5.74) is 0.631. The van der Waals surface area contributed by atoms with E-state index in [4.69, 9.17) is 5.11 Å². The van der Waals surface area contributed by atoms with Gasteiger partial charge in [-0.15, -0.1) is 0 Å². The van der Waals surface area contributed by atoms with Crippen LogP contribution in [0.5, 0.6) is 0 Å². The molecule has 0 amide bonds. The van der Waals surface area contributed by atoms with Gasteiger partial charge >= 0.3 is 0 Å². The topological polar surface area (TPSA) is 54.4 Å². The van der Waals surface area contributed by atoms with E-state index in [2.05, 4.69) is 0 Å². The second-order valence-electron chi connectivity index (χ2n) is 3.83. The van der Waals surface area contributed by atoms with Crippen LogP contribution in [0.3, 0.4) is 0 Å². The smallest absolute Gasteiger partial charge is 0.202 e. The van der Waals surface area contributed by atoms with E-state index in [-0.39, 0.29) is 25.3 Å². The zero-order valence-electron chi connectivity index (χ0n) is 9.49. The highest BCUT2D eigenvalue weighted by Crippen LogP contribution is 2.06. The van der Waals surface area contributed by atoms with Gasteiger partial charge in [-0.25, -0.2) is 4.39 Å². The molecule has 0 unspecified atom stereocenters. The average Bonchev–Trinajstić information content (AvgIpc) is 2.32. The Kier molecular flexibility index (Phi) is 5.49. The molecule has 1 N–H and O–H groups in total. The monoisotopic (exact) mass is 238 g/mol. The first-order chi connectivity index (χ1) is 8.13. The van der Waals surface area contributed by atoms with Gasteiger partial charge in [0.25, 0.3) is 0 Å². The zero-order valence-corrected chi connectivity index (χ0v) is 9.49. The maximum Gasteiger partial charge on any atom is 0.202 e. The third-order valence-electron chi connectivity index (χ3n) is 2.40. The van der Waals surface area contributed by atoms with Gasteiger partial charge in [0.1, 0.15) is 5.82 Å². The fraction of sp³-hybridized carbons (Fsp3) is 0.385. The minimum atomic E-state index is -0.463. The lowest BCUT2D eigenvalue weighted by atomic mass is 10.0. The van der Waals surface area contributed by atoms with Gasteiger partial charge in [0, 0.05) is 19.4 Å². The Morgan fingerprint density at radius 1 is 1.06 bits per heavy atom. The number of hydrogen-bond donors (Lipinski definition) is 1. The summed E-state index contributed by atoms with van der Waals surface area (Å²) in [6.07, 6.45) is 1.22. The minimum Gasteiger partial charge on any atom is -0.396 e. The standard InChI is InChI=1S/C13H15FO3/c14-11-6-4-10(5-7-11)9-13(17)12(16)3-1-2-8-15/h4-7,15H,1-3,8-9H2. The zero-order chi connectivity index (χ0) is 12.7. The first kappa shape index (κ1) is 13.5. The molecule has 1 aromatic carbocycles. The Hall–Kier alpha value is -1.55. The molecule has 0 aliphatic heterocycles. The van der Waals surface area contributed by atoms with E-state index < -0.39 is 11.6 Å². The molecule has 0 aliphatic carbocycles. The number of halogens is 1. The van der Waals surface area contributed by atoms with Gasteiger partial charge < -0.3 is 5.11 Å². The van der Waals surface area contributed by atoms with Crippen LogP contribution in [0.1, 0.15) is 24.8 Å². The van der Waals surface area contributed by atoms with E-state index in [9.17, 15) is 14.0 Å². The number of Topliss-reactive ketones (excluding diaryl/α,β-unsaturated/α-hetero) is 2. The Labute approximate surface area is 99.3 Å². The predicted molar refractivity (Wildman–Crippen MR) is 61.1 cm³/mol. The van der Waals surface area contributed by atoms with E-state index in [1.54, 1.807) is 0 Å². The van der Waals surface area contributed by atoms with E-state index in [0.29, 0.717) is 18.4 Å². The van der Waals surface area contributed by atoms with Crippen molar-refractivity contribution in [3.63, 3.8) is 0 Å². The molecule has 0 heterocycles. The molecular formula is C13H15FO3. The Morgan fingerprint density at radius 3 is 2.29 bits per heavy atom. The van der Waals surface area contributed by atoms with Gasteiger partial charge in [-0.2, -0.15) is 0 Å². The molecule has 1 aromatic rings. The predicted octanol–water partition coefficient (Wildman–Crippen LogP) is 1.67. The van der Waals surface area contributed by atoms with Crippen molar-refractivity contribution in [3.05, 3.63) is 35.6 Å². The number of unbranched alkanes of at least 4 members (excludes halogenated alkanes) is 1. The molecule has 0 bridgehead atoms. The van der Waals surface area contributed by atoms with Crippen LogP contribution in [0.2, 0.25) is 0 Å². The largest absolute Gasteiger partial charge is 0.396 e. The molecule has 0 aromatic heterocycles. The highest BCUT2D eigenvalue weighted by atomic mass is 19.1. The van der Waals surface area contributed by atoms with Crippen LogP contribution in [0.15, 0.2) is 24.3 Å². The quantitative estimate of drug-likeness (QED) is 0.580. The summed E-state index contributed by atoms with van der Waals surface area (Å²) < 4.78 is 12.6. The molecule has 0 spiro atoms. The lowest BCUT2D eigenvalue weighted by molar-refractivity contribution is -0.136. The number of ketones is 2. The minimum absolute atomic E-state index is 0.0121. The van der Waals surface area contributed by atoms with Crippen molar-refractivity contribution in [2.24, 2.45) is 0 Å². The summed E-state index contributed by atoms with van der Waals surface area (Å²) in [6, 6.07) is 5.51. The first-order valence-corrected chi connectivity index (χ1v) is 5.55. The Balaban J connectivity index is 2.43. The molecule has 0 fully saturated rings. The molecular weight excluding hydrogens is 223 g/mol. The molecule has 0 radical (unpaired) electrons. The van der Waals surface area contributed by atoms with Crippen molar-refractivity contribution in [3.8, 4) is 0 Å². The third-order valence-corrected chi connectivity index (χ3v) is 2.40. The number of benzene rings is 1. The van der Waals surface area contributed by atoms with Crippen molar-refractivity contribution in [2.45, 2.75) is 25.7 Å². The molecule has 0 saturated carbocycles. The summed E-state index contributed by atoms with van der Waals surface area (Å²) in [5, 5.41) is 8.55. The van der Waals surface area contributed by atoms with Crippen molar-refractivity contribution < 1.29 is 19.1 Å². The van der Waals surface area contributed by atoms with Crippen LogP contribution in [-0.4, -0.2) is 23.3 Å². The lowest BCUT2D eigenvalue weighted by Gasteiger charge is -2.00. The molecule has 0 aliphatic rings. The fourth-order valence-corrected chi connectivity index (χ4v) is 1.42. The Bertz CT molecular complexity index is 384. The summed E-state index contributed by atoms with van der Waals surface area (Å²) in [6.45, 7) is 0.0272. The van der Waals surface area contributed by atoms with Crippen LogP contribution < -0.4 is 0 Å². The van der Waals surface area contributed by atoms with E-state index in [1.165, 1.54) is 24.3 Å². The SMILES string of the molecule is O=C(CCCCO)C(=O)Cc1ccc(F)cc1. The van der Waals surface area contributed by atoms with Crippen molar-refractivity contribution in [1.29, 1.82) is 0 Å². The van der Waals surface area contributed by atoms with Crippen molar-refractivity contribution >= 4 is 11.6 Å². The Morgan fingerprint density at radius 2 is 1.71 bits per heavy atom. The summed E-state index contributed by atoms with van der Waals surface area (Å²) >= 11 is 0. The number of carbonyl (C=O) groups is 2. The molecule has 3 nitrogen and oxygen atoms in total. The van der Waals surface area contributed by atoms with E-state index in [1.807, 2.05) is 0 Å². The maximum absolute atomic E-state index is 12.6. The van der Waals surface area contributed by atoms with Crippen LogP contribution >= 0.6 is 0 Å². The number of carbonyl (C=O) groups excluding carboxylic acids is 2. The van der Waals surface area contributed by atoms with Crippen LogP contribution in [-0.2, 0) is 16.0 Å². The number of aliphatic hydroxyl groups excluding tert-OH is 1. The van der Waals surface area contributed by atoms with Crippen LogP contribution in [0.4, 0.5) is 4.39 Å². The molecule has 0 saturated heterocycles. The second kappa shape index (κ2) is 6.91. The van der Waals surface area contributed by atoms with Crippen LogP contribution in [0, 0.1) is 5.82 Å². The summed E-state index contributed by atoms with van der Waals surface area (Å²) in [5.74, 6) is -1.26. The molecule has 4 heteroatoms.